The Morgan fingerprint density at radius 3 is 2.70 bits per heavy atom. The monoisotopic (exact) mass is 371 g/mol. The number of pyridine rings is 1. The third kappa shape index (κ3) is 3.05. The van der Waals surface area contributed by atoms with E-state index in [1.165, 1.54) is 6.07 Å². The van der Waals surface area contributed by atoms with Crippen LogP contribution >= 0.6 is 15.9 Å². The number of rotatable bonds is 3. The largest absolute Gasteiger partial charge is 0.507 e. The van der Waals surface area contributed by atoms with Crippen LogP contribution in [0, 0.1) is 6.92 Å². The molecule has 0 aliphatic heterocycles. The summed E-state index contributed by atoms with van der Waals surface area (Å²) in [6.07, 6.45) is 3.20. The van der Waals surface area contributed by atoms with Crippen LogP contribution in [0.1, 0.15) is 11.1 Å². The molecule has 116 valence electrons. The van der Waals surface area contributed by atoms with Gasteiger partial charge in [0.25, 0.3) is 0 Å². The molecule has 0 aliphatic carbocycles. The van der Waals surface area contributed by atoms with Crippen molar-refractivity contribution in [3.05, 3.63) is 70.3 Å². The third-order valence-electron chi connectivity index (χ3n) is 3.66. The molecule has 4 nitrogen and oxygen atoms in total. The predicted octanol–water partition coefficient (Wildman–Crippen LogP) is 4.28. The van der Waals surface area contributed by atoms with Crippen molar-refractivity contribution in [1.82, 2.24) is 4.98 Å². The lowest BCUT2D eigenvalue weighted by Gasteiger charge is -2.09. The zero-order chi connectivity index (χ0) is 16.4. The van der Waals surface area contributed by atoms with Gasteiger partial charge in [-0.2, -0.15) is 0 Å². The summed E-state index contributed by atoms with van der Waals surface area (Å²) in [7, 11) is 0. The Balaban J connectivity index is 2.13. The molecular weight excluding hydrogens is 358 g/mol. The minimum atomic E-state index is -0.576. The number of aromatic nitrogens is 1. The summed E-state index contributed by atoms with van der Waals surface area (Å²) in [5.41, 5.74) is 3.03. The average Bonchev–Trinajstić information content (AvgIpc) is 2.56. The van der Waals surface area contributed by atoms with Gasteiger partial charge in [0.2, 0.25) is 0 Å². The van der Waals surface area contributed by atoms with E-state index >= 15 is 0 Å². The van der Waals surface area contributed by atoms with E-state index < -0.39 is 5.63 Å². The lowest BCUT2D eigenvalue weighted by molar-refractivity contribution is 0.456. The van der Waals surface area contributed by atoms with E-state index in [0.717, 1.165) is 11.1 Å². The first-order valence-corrected chi connectivity index (χ1v) is 8.15. The van der Waals surface area contributed by atoms with Gasteiger partial charge in [0.05, 0.1) is 0 Å². The molecule has 0 unspecified atom stereocenters. The minimum Gasteiger partial charge on any atom is -0.507 e. The molecule has 0 saturated carbocycles. The SMILES string of the molecule is Cc1ccc(-c2c(O)cc(-c3cccnc3)oc2=O)cc1CBr. The molecule has 0 saturated heterocycles. The van der Waals surface area contributed by atoms with Gasteiger partial charge in [0, 0.05) is 29.4 Å². The Bertz CT molecular complexity index is 904. The van der Waals surface area contributed by atoms with E-state index in [1.54, 1.807) is 30.6 Å². The third-order valence-corrected chi connectivity index (χ3v) is 4.26. The number of hydrogen-bond acceptors (Lipinski definition) is 4. The Morgan fingerprint density at radius 1 is 1.22 bits per heavy atom. The van der Waals surface area contributed by atoms with Crippen LogP contribution < -0.4 is 5.63 Å². The normalized spacial score (nSPS) is 10.7. The number of nitrogens with zero attached hydrogens (tertiary/aromatic N) is 1. The fourth-order valence-corrected chi connectivity index (χ4v) is 2.97. The number of aromatic hydroxyl groups is 1. The second-order valence-corrected chi connectivity index (χ2v) is 5.74. The van der Waals surface area contributed by atoms with E-state index in [1.807, 2.05) is 19.1 Å². The molecule has 3 rings (SSSR count). The lowest BCUT2D eigenvalue weighted by atomic mass is 10.0. The van der Waals surface area contributed by atoms with Crippen molar-refractivity contribution in [3.8, 4) is 28.2 Å². The van der Waals surface area contributed by atoms with Crippen molar-refractivity contribution in [1.29, 1.82) is 0 Å². The fraction of sp³-hybridized carbons (Fsp3) is 0.111. The van der Waals surface area contributed by atoms with Crippen LogP contribution in [0.4, 0.5) is 0 Å². The van der Waals surface area contributed by atoms with Crippen molar-refractivity contribution < 1.29 is 9.52 Å². The molecule has 0 fully saturated rings. The molecule has 5 heteroatoms. The molecule has 0 amide bonds. The van der Waals surface area contributed by atoms with Gasteiger partial charge in [-0.15, -0.1) is 0 Å². The highest BCUT2D eigenvalue weighted by Gasteiger charge is 2.15. The van der Waals surface area contributed by atoms with Crippen LogP contribution in [0.2, 0.25) is 0 Å². The van der Waals surface area contributed by atoms with Crippen LogP contribution in [-0.2, 0) is 5.33 Å². The van der Waals surface area contributed by atoms with Crippen molar-refractivity contribution in [3.63, 3.8) is 0 Å². The summed E-state index contributed by atoms with van der Waals surface area (Å²) in [6.45, 7) is 1.99. The molecule has 1 aromatic carbocycles. The van der Waals surface area contributed by atoms with E-state index in [2.05, 4.69) is 20.9 Å². The van der Waals surface area contributed by atoms with E-state index in [4.69, 9.17) is 4.42 Å². The maximum absolute atomic E-state index is 12.4. The number of aryl methyl sites for hydroxylation is 1. The molecular formula is C18H14BrNO3. The Hall–Kier alpha value is -2.40. The summed E-state index contributed by atoms with van der Waals surface area (Å²) in [5.74, 6) is 0.182. The molecule has 0 bridgehead atoms. The highest BCUT2D eigenvalue weighted by molar-refractivity contribution is 9.08. The second kappa shape index (κ2) is 6.38. The smallest absolute Gasteiger partial charge is 0.347 e. The van der Waals surface area contributed by atoms with Gasteiger partial charge in [-0.3, -0.25) is 4.98 Å². The first kappa shape index (κ1) is 15.5. The van der Waals surface area contributed by atoms with Crippen LogP contribution in [0.5, 0.6) is 5.75 Å². The fourth-order valence-electron chi connectivity index (χ4n) is 2.37. The van der Waals surface area contributed by atoms with Crippen LogP contribution in [0.3, 0.4) is 0 Å². The number of hydrogen-bond donors (Lipinski definition) is 1. The zero-order valence-corrected chi connectivity index (χ0v) is 14.0. The van der Waals surface area contributed by atoms with Gasteiger partial charge < -0.3 is 9.52 Å². The van der Waals surface area contributed by atoms with Crippen LogP contribution in [0.15, 0.2) is 58.0 Å². The second-order valence-electron chi connectivity index (χ2n) is 5.17. The lowest BCUT2D eigenvalue weighted by Crippen LogP contribution is -2.04. The summed E-state index contributed by atoms with van der Waals surface area (Å²) in [4.78, 5) is 16.3. The van der Waals surface area contributed by atoms with Gasteiger partial charge in [0.1, 0.15) is 17.1 Å². The van der Waals surface area contributed by atoms with Crippen molar-refractivity contribution in [2.45, 2.75) is 12.3 Å². The number of halogens is 1. The van der Waals surface area contributed by atoms with Crippen LogP contribution in [0.25, 0.3) is 22.5 Å². The summed E-state index contributed by atoms with van der Waals surface area (Å²) in [6, 6.07) is 10.5. The summed E-state index contributed by atoms with van der Waals surface area (Å²) < 4.78 is 5.37. The number of benzene rings is 1. The first-order valence-electron chi connectivity index (χ1n) is 7.03. The van der Waals surface area contributed by atoms with Crippen molar-refractivity contribution in [2.24, 2.45) is 0 Å². The van der Waals surface area contributed by atoms with Gasteiger partial charge in [-0.25, -0.2) is 4.79 Å². The number of alkyl halides is 1. The molecule has 2 aromatic heterocycles. The van der Waals surface area contributed by atoms with Gasteiger partial charge in [0.15, 0.2) is 0 Å². The maximum atomic E-state index is 12.4. The highest BCUT2D eigenvalue weighted by atomic mass is 79.9. The highest BCUT2D eigenvalue weighted by Crippen LogP contribution is 2.31. The molecule has 3 aromatic rings. The predicted molar refractivity (Wildman–Crippen MR) is 92.7 cm³/mol. The maximum Gasteiger partial charge on any atom is 0.347 e. The molecule has 0 atom stereocenters. The zero-order valence-electron chi connectivity index (χ0n) is 12.4. The Labute approximate surface area is 141 Å². The summed E-state index contributed by atoms with van der Waals surface area (Å²) in [5, 5.41) is 11.0. The minimum absolute atomic E-state index is 0.107. The molecule has 2 heterocycles. The van der Waals surface area contributed by atoms with E-state index in [0.29, 0.717) is 16.5 Å². The molecule has 0 aliphatic rings. The Kier molecular flexibility index (Phi) is 4.30. The van der Waals surface area contributed by atoms with Crippen molar-refractivity contribution >= 4 is 15.9 Å². The molecule has 1 N–H and O–H groups in total. The molecule has 23 heavy (non-hydrogen) atoms. The van der Waals surface area contributed by atoms with Gasteiger partial charge >= 0.3 is 5.63 Å². The quantitative estimate of drug-likeness (QED) is 0.698. The topological polar surface area (TPSA) is 63.3 Å². The van der Waals surface area contributed by atoms with Gasteiger partial charge in [-0.1, -0.05) is 28.1 Å². The van der Waals surface area contributed by atoms with Crippen LogP contribution in [-0.4, -0.2) is 10.1 Å². The molecule has 0 spiro atoms. The van der Waals surface area contributed by atoms with E-state index in [9.17, 15) is 9.90 Å². The van der Waals surface area contributed by atoms with E-state index in [-0.39, 0.29) is 17.1 Å². The summed E-state index contributed by atoms with van der Waals surface area (Å²) >= 11 is 3.42. The van der Waals surface area contributed by atoms with Crippen molar-refractivity contribution in [2.75, 3.05) is 0 Å². The standard InChI is InChI=1S/C18H14BrNO3/c1-11-4-5-12(7-14(11)9-19)17-15(21)8-16(23-18(17)22)13-3-2-6-20-10-13/h2-8,10,21H,9H2,1H3. The molecule has 0 radical (unpaired) electrons. The first-order chi connectivity index (χ1) is 11.1. The van der Waals surface area contributed by atoms with Gasteiger partial charge in [-0.05, 0) is 41.8 Å². The average molecular weight is 372 g/mol. The Morgan fingerprint density at radius 2 is 2.04 bits per heavy atom.